The predicted octanol–water partition coefficient (Wildman–Crippen LogP) is 3.41. The van der Waals surface area contributed by atoms with Gasteiger partial charge in [0.2, 0.25) is 0 Å². The maximum atomic E-state index is 12.2. The van der Waals surface area contributed by atoms with Crippen molar-refractivity contribution in [3.8, 4) is 0 Å². The van der Waals surface area contributed by atoms with Gasteiger partial charge in [-0.1, -0.05) is 11.6 Å². The fourth-order valence-electron chi connectivity index (χ4n) is 1.63. The summed E-state index contributed by atoms with van der Waals surface area (Å²) in [6.07, 6.45) is 4.47. The summed E-state index contributed by atoms with van der Waals surface area (Å²) >= 11 is 7.51. The Morgan fingerprint density at radius 1 is 1.29 bits per heavy atom. The number of pyridine rings is 1. The summed E-state index contributed by atoms with van der Waals surface area (Å²) in [6.45, 7) is 0. The van der Waals surface area contributed by atoms with Crippen molar-refractivity contribution in [3.05, 3.63) is 52.8 Å². The van der Waals surface area contributed by atoms with Crippen LogP contribution >= 0.6 is 23.4 Å². The van der Waals surface area contributed by atoms with Gasteiger partial charge in [0, 0.05) is 11.1 Å². The third-order valence-corrected chi connectivity index (χ3v) is 3.72. The van der Waals surface area contributed by atoms with Crippen LogP contribution in [0.1, 0.15) is 20.7 Å². The zero-order valence-electron chi connectivity index (χ0n) is 11.0. The highest BCUT2D eigenvalue weighted by molar-refractivity contribution is 7.98. The smallest absolute Gasteiger partial charge is 0.337 e. The van der Waals surface area contributed by atoms with Crippen LogP contribution in [0.3, 0.4) is 0 Å². The van der Waals surface area contributed by atoms with E-state index in [1.807, 2.05) is 12.3 Å². The molecule has 2 aromatic rings. The number of halogens is 1. The Balaban J connectivity index is 2.25. The van der Waals surface area contributed by atoms with Gasteiger partial charge in [-0.3, -0.25) is 9.78 Å². The minimum atomic E-state index is -1.11. The van der Waals surface area contributed by atoms with Crippen LogP contribution < -0.4 is 5.32 Å². The molecule has 0 aliphatic rings. The molecule has 2 N–H and O–H groups in total. The number of aromatic nitrogens is 1. The molecule has 0 aliphatic heterocycles. The van der Waals surface area contributed by atoms with Crippen LogP contribution in [0.4, 0.5) is 5.69 Å². The van der Waals surface area contributed by atoms with Gasteiger partial charge in [0.25, 0.3) is 5.91 Å². The number of carboxylic acid groups (broad SMARTS) is 1. The Morgan fingerprint density at radius 3 is 2.71 bits per heavy atom. The normalized spacial score (nSPS) is 10.2. The first-order chi connectivity index (χ1) is 10.0. The number of rotatable bonds is 4. The number of hydrogen-bond donors (Lipinski definition) is 2. The summed E-state index contributed by atoms with van der Waals surface area (Å²) in [7, 11) is 0. The number of carboxylic acids is 1. The van der Waals surface area contributed by atoms with Crippen molar-refractivity contribution < 1.29 is 14.7 Å². The quantitative estimate of drug-likeness (QED) is 0.843. The van der Waals surface area contributed by atoms with E-state index < -0.39 is 11.9 Å². The lowest BCUT2D eigenvalue weighted by atomic mass is 10.2. The molecule has 0 bridgehead atoms. The highest BCUT2D eigenvalue weighted by atomic mass is 35.5. The van der Waals surface area contributed by atoms with E-state index in [-0.39, 0.29) is 5.56 Å². The second-order valence-electron chi connectivity index (χ2n) is 4.07. The molecule has 5 nitrogen and oxygen atoms in total. The SMILES string of the molecule is CSc1ccc(Cl)c(C(=O)Nc2cncc(C(=O)O)c2)c1. The molecular weight excluding hydrogens is 312 g/mol. The molecule has 1 aromatic carbocycles. The summed E-state index contributed by atoms with van der Waals surface area (Å²) in [5.74, 6) is -1.53. The third kappa shape index (κ3) is 3.74. The van der Waals surface area contributed by atoms with E-state index in [1.54, 1.807) is 12.1 Å². The summed E-state index contributed by atoms with van der Waals surface area (Å²) in [4.78, 5) is 27.8. The predicted molar refractivity (Wildman–Crippen MR) is 82.4 cm³/mol. The summed E-state index contributed by atoms with van der Waals surface area (Å²) in [5, 5.41) is 11.8. The Labute approximate surface area is 130 Å². The van der Waals surface area contributed by atoms with Crippen LogP contribution in [0, 0.1) is 0 Å². The number of nitrogens with one attached hydrogen (secondary N) is 1. The zero-order valence-corrected chi connectivity index (χ0v) is 12.5. The van der Waals surface area contributed by atoms with Crippen LogP contribution in [0.15, 0.2) is 41.6 Å². The zero-order chi connectivity index (χ0) is 15.4. The summed E-state index contributed by atoms with van der Waals surface area (Å²) in [6, 6.07) is 6.47. The van der Waals surface area contributed by atoms with E-state index in [4.69, 9.17) is 16.7 Å². The number of amides is 1. The fraction of sp³-hybridized carbons (Fsp3) is 0.0714. The van der Waals surface area contributed by atoms with Gasteiger partial charge < -0.3 is 10.4 Å². The average molecular weight is 323 g/mol. The van der Waals surface area contributed by atoms with Gasteiger partial charge in [-0.05, 0) is 30.5 Å². The van der Waals surface area contributed by atoms with E-state index in [1.165, 1.54) is 30.2 Å². The first-order valence-electron chi connectivity index (χ1n) is 5.84. The van der Waals surface area contributed by atoms with E-state index in [0.29, 0.717) is 16.3 Å². The lowest BCUT2D eigenvalue weighted by Crippen LogP contribution is -2.13. The van der Waals surface area contributed by atoms with E-state index in [2.05, 4.69) is 10.3 Å². The van der Waals surface area contributed by atoms with Crippen molar-refractivity contribution in [1.82, 2.24) is 4.98 Å². The van der Waals surface area contributed by atoms with Gasteiger partial charge in [-0.15, -0.1) is 11.8 Å². The number of hydrogen-bond acceptors (Lipinski definition) is 4. The van der Waals surface area contributed by atoms with Crippen molar-refractivity contribution in [2.75, 3.05) is 11.6 Å². The van der Waals surface area contributed by atoms with Crippen LogP contribution in [-0.2, 0) is 0 Å². The highest BCUT2D eigenvalue weighted by Crippen LogP contribution is 2.24. The minimum Gasteiger partial charge on any atom is -0.478 e. The molecule has 108 valence electrons. The van der Waals surface area contributed by atoms with Crippen LogP contribution in [0.25, 0.3) is 0 Å². The molecule has 0 unspecified atom stereocenters. The topological polar surface area (TPSA) is 79.3 Å². The lowest BCUT2D eigenvalue weighted by Gasteiger charge is -2.08. The molecule has 1 aromatic heterocycles. The molecular formula is C14H11ClN2O3S. The second kappa shape index (κ2) is 6.60. The Morgan fingerprint density at radius 2 is 2.05 bits per heavy atom. The first-order valence-corrected chi connectivity index (χ1v) is 7.45. The highest BCUT2D eigenvalue weighted by Gasteiger charge is 2.13. The van der Waals surface area contributed by atoms with Crippen LogP contribution in [0.5, 0.6) is 0 Å². The number of benzene rings is 1. The van der Waals surface area contributed by atoms with Gasteiger partial charge in [-0.2, -0.15) is 0 Å². The molecule has 21 heavy (non-hydrogen) atoms. The van der Waals surface area contributed by atoms with Gasteiger partial charge in [0.05, 0.1) is 28.0 Å². The molecule has 0 saturated heterocycles. The third-order valence-electron chi connectivity index (χ3n) is 2.66. The number of anilines is 1. The number of thioether (sulfide) groups is 1. The van der Waals surface area contributed by atoms with Crippen molar-refractivity contribution in [2.45, 2.75) is 4.90 Å². The lowest BCUT2D eigenvalue weighted by molar-refractivity contribution is 0.0696. The molecule has 0 fully saturated rings. The van der Waals surface area contributed by atoms with Gasteiger partial charge >= 0.3 is 5.97 Å². The maximum absolute atomic E-state index is 12.2. The minimum absolute atomic E-state index is 0.00300. The molecule has 0 atom stereocenters. The second-order valence-corrected chi connectivity index (χ2v) is 5.35. The standard InChI is InChI=1S/C14H11ClN2O3S/c1-21-10-2-3-12(15)11(5-10)13(18)17-9-4-8(14(19)20)6-16-7-9/h2-7H,1H3,(H,17,18)(H,19,20). The maximum Gasteiger partial charge on any atom is 0.337 e. The molecule has 2 rings (SSSR count). The Hall–Kier alpha value is -2.05. The molecule has 0 aliphatic carbocycles. The van der Waals surface area contributed by atoms with Crippen molar-refractivity contribution in [3.63, 3.8) is 0 Å². The number of nitrogens with zero attached hydrogens (tertiary/aromatic N) is 1. The molecule has 1 amide bonds. The Bertz CT molecular complexity index is 706. The molecule has 0 spiro atoms. The first kappa shape index (κ1) is 15.3. The van der Waals surface area contributed by atoms with Crippen molar-refractivity contribution in [2.24, 2.45) is 0 Å². The number of carbonyl (C=O) groups is 2. The summed E-state index contributed by atoms with van der Waals surface area (Å²) in [5.41, 5.74) is 0.617. The largest absolute Gasteiger partial charge is 0.478 e. The van der Waals surface area contributed by atoms with Gasteiger partial charge in [-0.25, -0.2) is 4.79 Å². The molecule has 7 heteroatoms. The molecule has 0 saturated carbocycles. The Kier molecular flexibility index (Phi) is 4.82. The summed E-state index contributed by atoms with van der Waals surface area (Å²) < 4.78 is 0. The van der Waals surface area contributed by atoms with Crippen molar-refractivity contribution in [1.29, 1.82) is 0 Å². The van der Waals surface area contributed by atoms with E-state index >= 15 is 0 Å². The monoisotopic (exact) mass is 322 g/mol. The average Bonchev–Trinajstić information content (AvgIpc) is 2.48. The number of aromatic carboxylic acids is 1. The van der Waals surface area contributed by atoms with E-state index in [9.17, 15) is 9.59 Å². The number of carbonyl (C=O) groups excluding carboxylic acids is 1. The van der Waals surface area contributed by atoms with Gasteiger partial charge in [0.1, 0.15) is 0 Å². The van der Waals surface area contributed by atoms with Crippen molar-refractivity contribution >= 4 is 40.9 Å². The van der Waals surface area contributed by atoms with E-state index in [0.717, 1.165) is 4.90 Å². The molecule has 0 radical (unpaired) electrons. The fourth-order valence-corrected chi connectivity index (χ4v) is 2.27. The van der Waals surface area contributed by atoms with Crippen LogP contribution in [-0.4, -0.2) is 28.2 Å². The van der Waals surface area contributed by atoms with Crippen LogP contribution in [0.2, 0.25) is 5.02 Å². The molecule has 1 heterocycles. The van der Waals surface area contributed by atoms with Gasteiger partial charge in [0.15, 0.2) is 0 Å².